The molecule has 2 atom stereocenters. The molecule has 1 saturated heterocycles. The lowest BCUT2D eigenvalue weighted by Crippen LogP contribution is -2.21. The third kappa shape index (κ3) is 2.40. The molecule has 0 aliphatic carbocycles. The van der Waals surface area contributed by atoms with E-state index in [1.807, 2.05) is 0 Å². The highest BCUT2D eigenvalue weighted by molar-refractivity contribution is 7.19. The fraction of sp³-hybridized carbons (Fsp3) is 0.571. The summed E-state index contributed by atoms with van der Waals surface area (Å²) in [5, 5.41) is 0.760. The van der Waals surface area contributed by atoms with Gasteiger partial charge in [0.2, 0.25) is 0 Å². The van der Waals surface area contributed by atoms with Crippen LogP contribution in [-0.2, 0) is 4.74 Å². The second-order valence-corrected chi connectivity index (χ2v) is 6.43. The summed E-state index contributed by atoms with van der Waals surface area (Å²) in [7, 11) is 1.33. The smallest absolute Gasteiger partial charge is 0.343 e. The number of anilines is 2. The standard InChI is InChI=1S/C14H20N2O3S/c1-7-5-16(6-8(7)2)13-10(14(18)19-4)11(15)12(20-13)9(3)17/h7-8H,5-6,15H2,1-4H3. The Morgan fingerprint density at radius 1 is 1.30 bits per heavy atom. The second kappa shape index (κ2) is 5.44. The van der Waals surface area contributed by atoms with Crippen LogP contribution in [0.5, 0.6) is 0 Å². The van der Waals surface area contributed by atoms with E-state index in [0.717, 1.165) is 18.1 Å². The Balaban J connectivity index is 2.49. The number of rotatable bonds is 3. The van der Waals surface area contributed by atoms with Crippen LogP contribution in [0.4, 0.5) is 10.7 Å². The molecule has 1 aromatic rings. The molecule has 1 aromatic heterocycles. The van der Waals surface area contributed by atoms with Crippen LogP contribution in [-0.4, -0.2) is 32.0 Å². The topological polar surface area (TPSA) is 72.6 Å². The van der Waals surface area contributed by atoms with Crippen LogP contribution in [0.3, 0.4) is 0 Å². The lowest BCUT2D eigenvalue weighted by Gasteiger charge is -2.17. The Bertz CT molecular complexity index is 543. The van der Waals surface area contributed by atoms with Crippen molar-refractivity contribution in [2.45, 2.75) is 20.8 Å². The molecule has 0 bridgehead atoms. The molecule has 0 aromatic carbocycles. The molecular formula is C14H20N2O3S. The molecule has 1 fully saturated rings. The number of nitrogens with two attached hydrogens (primary N) is 1. The highest BCUT2D eigenvalue weighted by atomic mass is 32.1. The molecule has 20 heavy (non-hydrogen) atoms. The molecule has 5 nitrogen and oxygen atoms in total. The molecule has 0 saturated carbocycles. The van der Waals surface area contributed by atoms with Gasteiger partial charge < -0.3 is 15.4 Å². The Hall–Kier alpha value is -1.56. The Morgan fingerprint density at radius 2 is 1.85 bits per heavy atom. The van der Waals surface area contributed by atoms with E-state index in [0.29, 0.717) is 22.3 Å². The number of methoxy groups -OCH3 is 1. The lowest BCUT2D eigenvalue weighted by atomic mass is 10.0. The number of thiophene rings is 1. The molecule has 1 aliphatic heterocycles. The molecule has 2 rings (SSSR count). The van der Waals surface area contributed by atoms with Crippen molar-refractivity contribution in [2.75, 3.05) is 30.8 Å². The van der Waals surface area contributed by atoms with Crippen molar-refractivity contribution in [3.63, 3.8) is 0 Å². The van der Waals surface area contributed by atoms with Gasteiger partial charge in [-0.05, 0) is 11.8 Å². The fourth-order valence-electron chi connectivity index (χ4n) is 2.51. The Kier molecular flexibility index (Phi) is 4.04. The molecule has 110 valence electrons. The normalized spacial score (nSPS) is 22.1. The van der Waals surface area contributed by atoms with Crippen LogP contribution >= 0.6 is 11.3 Å². The van der Waals surface area contributed by atoms with Gasteiger partial charge in [0.1, 0.15) is 10.6 Å². The van der Waals surface area contributed by atoms with E-state index in [9.17, 15) is 9.59 Å². The zero-order chi connectivity index (χ0) is 15.0. The first-order valence-corrected chi connectivity index (χ1v) is 7.44. The minimum Gasteiger partial charge on any atom is -0.465 e. The van der Waals surface area contributed by atoms with Crippen molar-refractivity contribution in [3.8, 4) is 0 Å². The van der Waals surface area contributed by atoms with Gasteiger partial charge >= 0.3 is 5.97 Å². The summed E-state index contributed by atoms with van der Waals surface area (Å²) in [6, 6.07) is 0. The summed E-state index contributed by atoms with van der Waals surface area (Å²) in [6.07, 6.45) is 0. The van der Waals surface area contributed by atoms with Crippen LogP contribution in [0.15, 0.2) is 0 Å². The van der Waals surface area contributed by atoms with Crippen molar-refractivity contribution < 1.29 is 14.3 Å². The monoisotopic (exact) mass is 296 g/mol. The number of Topliss-reactive ketones (excluding diaryl/α,β-unsaturated/α-hetero) is 1. The minimum absolute atomic E-state index is 0.121. The molecule has 2 N–H and O–H groups in total. The first-order chi connectivity index (χ1) is 9.36. The van der Waals surface area contributed by atoms with Gasteiger partial charge in [-0.1, -0.05) is 13.8 Å². The minimum atomic E-state index is -0.478. The average Bonchev–Trinajstić information content (AvgIpc) is 2.90. The largest absolute Gasteiger partial charge is 0.465 e. The fourth-order valence-corrected chi connectivity index (χ4v) is 3.63. The van der Waals surface area contributed by atoms with Crippen LogP contribution < -0.4 is 10.6 Å². The predicted octanol–water partition coefficient (Wildman–Crippen LogP) is 2.41. The van der Waals surface area contributed by atoms with Gasteiger partial charge in [-0.2, -0.15) is 0 Å². The summed E-state index contributed by atoms with van der Waals surface area (Å²) in [5.74, 6) is 0.492. The quantitative estimate of drug-likeness (QED) is 0.685. The van der Waals surface area contributed by atoms with Crippen LogP contribution in [0.1, 0.15) is 40.8 Å². The van der Waals surface area contributed by atoms with Gasteiger partial charge in [0, 0.05) is 20.0 Å². The number of carbonyl (C=O) groups is 2. The van der Waals surface area contributed by atoms with Gasteiger partial charge in [0.15, 0.2) is 5.78 Å². The number of hydrogen-bond acceptors (Lipinski definition) is 6. The number of nitrogen functional groups attached to an aromatic ring is 1. The molecule has 0 amide bonds. The molecule has 0 radical (unpaired) electrons. The third-order valence-corrected chi connectivity index (χ3v) is 5.28. The third-order valence-electron chi connectivity index (χ3n) is 3.91. The zero-order valence-electron chi connectivity index (χ0n) is 12.2. The van der Waals surface area contributed by atoms with Crippen molar-refractivity contribution in [1.29, 1.82) is 0 Å². The van der Waals surface area contributed by atoms with Crippen molar-refractivity contribution in [2.24, 2.45) is 11.8 Å². The van der Waals surface area contributed by atoms with Crippen molar-refractivity contribution >= 4 is 33.8 Å². The van der Waals surface area contributed by atoms with Gasteiger partial charge in [0.25, 0.3) is 0 Å². The number of nitrogens with zero attached hydrogens (tertiary/aromatic N) is 1. The summed E-state index contributed by atoms with van der Waals surface area (Å²) < 4.78 is 4.81. The first-order valence-electron chi connectivity index (χ1n) is 6.63. The van der Waals surface area contributed by atoms with Gasteiger partial charge in [-0.15, -0.1) is 11.3 Å². The SMILES string of the molecule is COC(=O)c1c(N2CC(C)C(C)C2)sc(C(C)=O)c1N. The van der Waals surface area contributed by atoms with Crippen LogP contribution in [0.25, 0.3) is 0 Å². The van der Waals surface area contributed by atoms with E-state index < -0.39 is 5.97 Å². The molecule has 0 spiro atoms. The Labute approximate surface area is 122 Å². The molecule has 2 unspecified atom stereocenters. The van der Waals surface area contributed by atoms with Crippen LogP contribution in [0, 0.1) is 11.8 Å². The maximum atomic E-state index is 12.0. The van der Waals surface area contributed by atoms with E-state index in [-0.39, 0.29) is 11.5 Å². The van der Waals surface area contributed by atoms with Crippen molar-refractivity contribution in [1.82, 2.24) is 0 Å². The molecule has 6 heteroatoms. The average molecular weight is 296 g/mol. The lowest BCUT2D eigenvalue weighted by molar-refractivity contribution is 0.0603. The van der Waals surface area contributed by atoms with Gasteiger partial charge in [0.05, 0.1) is 17.7 Å². The highest BCUT2D eigenvalue weighted by Gasteiger charge is 2.33. The maximum absolute atomic E-state index is 12.0. The summed E-state index contributed by atoms with van der Waals surface area (Å²) in [6.45, 7) is 7.56. The number of ketones is 1. The van der Waals surface area contributed by atoms with E-state index in [1.54, 1.807) is 0 Å². The number of esters is 1. The molecule has 2 heterocycles. The van der Waals surface area contributed by atoms with E-state index in [4.69, 9.17) is 10.5 Å². The van der Waals surface area contributed by atoms with E-state index >= 15 is 0 Å². The number of hydrogen-bond donors (Lipinski definition) is 1. The summed E-state index contributed by atoms with van der Waals surface area (Å²) in [5.41, 5.74) is 6.56. The number of carbonyl (C=O) groups excluding carboxylic acids is 2. The first kappa shape index (κ1) is 14.8. The van der Waals surface area contributed by atoms with E-state index in [1.165, 1.54) is 25.4 Å². The maximum Gasteiger partial charge on any atom is 0.343 e. The second-order valence-electron chi connectivity index (χ2n) is 5.43. The number of ether oxygens (including phenoxy) is 1. The van der Waals surface area contributed by atoms with Crippen molar-refractivity contribution in [3.05, 3.63) is 10.4 Å². The summed E-state index contributed by atoms with van der Waals surface area (Å²) in [4.78, 5) is 26.2. The summed E-state index contributed by atoms with van der Waals surface area (Å²) >= 11 is 1.29. The molecule has 1 aliphatic rings. The Morgan fingerprint density at radius 3 is 2.30 bits per heavy atom. The van der Waals surface area contributed by atoms with Crippen LogP contribution in [0.2, 0.25) is 0 Å². The molecular weight excluding hydrogens is 276 g/mol. The van der Waals surface area contributed by atoms with Gasteiger partial charge in [-0.25, -0.2) is 4.79 Å². The van der Waals surface area contributed by atoms with Gasteiger partial charge in [-0.3, -0.25) is 4.79 Å². The zero-order valence-corrected chi connectivity index (χ0v) is 13.0. The van der Waals surface area contributed by atoms with E-state index in [2.05, 4.69) is 18.7 Å². The predicted molar refractivity (Wildman–Crippen MR) is 80.6 cm³/mol. The highest BCUT2D eigenvalue weighted by Crippen LogP contribution is 2.41.